The molecule has 0 aromatic carbocycles. The van der Waals surface area contributed by atoms with Gasteiger partial charge < -0.3 is 11.1 Å². The smallest absolute Gasteiger partial charge is 0.107 e. The summed E-state index contributed by atoms with van der Waals surface area (Å²) in [5, 5.41) is 3.45. The van der Waals surface area contributed by atoms with Crippen molar-refractivity contribution in [1.82, 2.24) is 4.98 Å². The van der Waals surface area contributed by atoms with Crippen molar-refractivity contribution in [3.8, 4) is 0 Å². The highest BCUT2D eigenvalue weighted by Crippen LogP contribution is 2.21. The maximum absolute atomic E-state index is 5.78. The highest BCUT2D eigenvalue weighted by Gasteiger charge is 2.13. The lowest BCUT2D eigenvalue weighted by Gasteiger charge is -2.19. The number of thiocarbonyl (C=S) groups is 1. The lowest BCUT2D eigenvalue weighted by atomic mass is 9.98. The number of aryl methyl sites for hydroxylation is 2. The van der Waals surface area contributed by atoms with Crippen LogP contribution in [0.2, 0.25) is 0 Å². The maximum atomic E-state index is 5.78. The van der Waals surface area contributed by atoms with E-state index in [2.05, 4.69) is 31.1 Å². The molecule has 0 aliphatic carbocycles. The highest BCUT2D eigenvalue weighted by atomic mass is 32.1. The molecule has 0 spiro atoms. The molecule has 3 nitrogen and oxygen atoms in total. The molecule has 0 saturated carbocycles. The minimum atomic E-state index is 0.403. The summed E-state index contributed by atoms with van der Waals surface area (Å²) in [6.45, 7) is 11.5. The van der Waals surface area contributed by atoms with Gasteiger partial charge in [-0.25, -0.2) is 0 Å². The van der Waals surface area contributed by atoms with Gasteiger partial charge in [-0.1, -0.05) is 33.0 Å². The Balaban J connectivity index is 2.97. The SMILES string of the molecule is Cc1cc(NCC(C)C(C)C)c(C(N)=S)c(C)n1. The molecule has 100 valence electrons. The molecule has 1 atom stereocenters. The van der Waals surface area contributed by atoms with Crippen molar-refractivity contribution in [1.29, 1.82) is 0 Å². The van der Waals surface area contributed by atoms with Crippen LogP contribution >= 0.6 is 12.2 Å². The normalized spacial score (nSPS) is 12.6. The number of nitrogens with zero attached hydrogens (tertiary/aromatic N) is 1. The summed E-state index contributed by atoms with van der Waals surface area (Å²) in [6.07, 6.45) is 0. The van der Waals surface area contributed by atoms with Gasteiger partial charge in [-0.2, -0.15) is 0 Å². The zero-order valence-corrected chi connectivity index (χ0v) is 12.7. The molecule has 0 fully saturated rings. The summed E-state index contributed by atoms with van der Waals surface area (Å²) in [5.41, 5.74) is 9.52. The van der Waals surface area contributed by atoms with Gasteiger partial charge in [0.05, 0.1) is 5.56 Å². The largest absolute Gasteiger partial charge is 0.389 e. The van der Waals surface area contributed by atoms with E-state index in [1.165, 1.54) is 0 Å². The molecule has 0 saturated heterocycles. The van der Waals surface area contributed by atoms with Crippen LogP contribution in [0.1, 0.15) is 37.7 Å². The lowest BCUT2D eigenvalue weighted by molar-refractivity contribution is 0.440. The van der Waals surface area contributed by atoms with E-state index in [9.17, 15) is 0 Å². The molecular formula is C14H23N3S. The second-order valence-electron chi connectivity index (χ2n) is 5.24. The van der Waals surface area contributed by atoms with Gasteiger partial charge in [-0.15, -0.1) is 0 Å². The average Bonchev–Trinajstić information content (AvgIpc) is 2.23. The van der Waals surface area contributed by atoms with Crippen molar-refractivity contribution >= 4 is 22.9 Å². The quantitative estimate of drug-likeness (QED) is 0.804. The molecule has 0 aliphatic heterocycles. The summed E-state index contributed by atoms with van der Waals surface area (Å²) in [7, 11) is 0. The summed E-state index contributed by atoms with van der Waals surface area (Å²) >= 11 is 5.11. The van der Waals surface area contributed by atoms with Crippen LogP contribution in [-0.2, 0) is 0 Å². The molecule has 18 heavy (non-hydrogen) atoms. The lowest BCUT2D eigenvalue weighted by Crippen LogP contribution is -2.20. The van der Waals surface area contributed by atoms with Crippen LogP contribution in [0.4, 0.5) is 5.69 Å². The molecule has 0 amide bonds. The van der Waals surface area contributed by atoms with Gasteiger partial charge in [-0.05, 0) is 31.7 Å². The van der Waals surface area contributed by atoms with Gasteiger partial charge in [0.15, 0.2) is 0 Å². The van der Waals surface area contributed by atoms with E-state index < -0.39 is 0 Å². The Morgan fingerprint density at radius 1 is 1.39 bits per heavy atom. The average molecular weight is 265 g/mol. The van der Waals surface area contributed by atoms with Crippen LogP contribution in [0.15, 0.2) is 6.07 Å². The second kappa shape index (κ2) is 6.14. The van der Waals surface area contributed by atoms with E-state index in [0.29, 0.717) is 16.8 Å². The Morgan fingerprint density at radius 2 is 2.00 bits per heavy atom. The van der Waals surface area contributed by atoms with E-state index in [4.69, 9.17) is 18.0 Å². The maximum Gasteiger partial charge on any atom is 0.107 e. The zero-order chi connectivity index (χ0) is 13.9. The Kier molecular flexibility index (Phi) is 5.08. The van der Waals surface area contributed by atoms with Crippen LogP contribution in [0, 0.1) is 25.7 Å². The molecule has 0 bridgehead atoms. The summed E-state index contributed by atoms with van der Waals surface area (Å²) in [6, 6.07) is 2.01. The van der Waals surface area contributed by atoms with Crippen molar-refractivity contribution < 1.29 is 0 Å². The topological polar surface area (TPSA) is 50.9 Å². The minimum Gasteiger partial charge on any atom is -0.389 e. The summed E-state index contributed by atoms with van der Waals surface area (Å²) < 4.78 is 0. The van der Waals surface area contributed by atoms with Crippen molar-refractivity contribution in [2.45, 2.75) is 34.6 Å². The fraction of sp³-hybridized carbons (Fsp3) is 0.571. The molecule has 3 N–H and O–H groups in total. The molecule has 1 unspecified atom stereocenters. The number of hydrogen-bond acceptors (Lipinski definition) is 3. The van der Waals surface area contributed by atoms with Crippen molar-refractivity contribution in [3.05, 3.63) is 23.0 Å². The number of rotatable bonds is 5. The number of nitrogens with one attached hydrogen (secondary N) is 1. The van der Waals surface area contributed by atoms with Gasteiger partial charge in [0.2, 0.25) is 0 Å². The first-order valence-corrected chi connectivity index (χ1v) is 6.75. The van der Waals surface area contributed by atoms with E-state index >= 15 is 0 Å². The summed E-state index contributed by atoms with van der Waals surface area (Å²) in [5.74, 6) is 1.24. The molecule has 1 rings (SSSR count). The predicted octanol–water partition coefficient (Wildman–Crippen LogP) is 3.04. The Morgan fingerprint density at radius 3 is 2.50 bits per heavy atom. The van der Waals surface area contributed by atoms with Gasteiger partial charge >= 0.3 is 0 Å². The third-order valence-electron chi connectivity index (χ3n) is 3.33. The highest BCUT2D eigenvalue weighted by molar-refractivity contribution is 7.80. The number of nitrogens with two attached hydrogens (primary N) is 1. The number of anilines is 1. The van der Waals surface area contributed by atoms with E-state index in [1.807, 2.05) is 19.9 Å². The van der Waals surface area contributed by atoms with Gasteiger partial charge in [0.25, 0.3) is 0 Å². The van der Waals surface area contributed by atoms with Crippen LogP contribution in [0.25, 0.3) is 0 Å². The van der Waals surface area contributed by atoms with E-state index in [0.717, 1.165) is 29.2 Å². The monoisotopic (exact) mass is 265 g/mol. The first-order chi connectivity index (χ1) is 8.32. The van der Waals surface area contributed by atoms with Gasteiger partial charge in [0.1, 0.15) is 4.99 Å². The number of hydrogen-bond donors (Lipinski definition) is 2. The summed E-state index contributed by atoms with van der Waals surface area (Å²) in [4.78, 5) is 4.81. The first kappa shape index (κ1) is 14.9. The van der Waals surface area contributed by atoms with Crippen molar-refractivity contribution in [2.24, 2.45) is 17.6 Å². The molecule has 1 aromatic rings. The zero-order valence-electron chi connectivity index (χ0n) is 11.9. The Hall–Kier alpha value is -1.16. The van der Waals surface area contributed by atoms with Crippen LogP contribution in [-0.4, -0.2) is 16.5 Å². The van der Waals surface area contributed by atoms with Gasteiger partial charge in [0, 0.05) is 23.6 Å². The third-order valence-corrected chi connectivity index (χ3v) is 3.53. The molecule has 0 aliphatic rings. The van der Waals surface area contributed by atoms with Crippen molar-refractivity contribution in [3.63, 3.8) is 0 Å². The molecule has 4 heteroatoms. The predicted molar refractivity (Wildman–Crippen MR) is 82.1 cm³/mol. The Bertz CT molecular complexity index is 441. The van der Waals surface area contributed by atoms with Gasteiger partial charge in [-0.3, -0.25) is 4.98 Å². The minimum absolute atomic E-state index is 0.403. The van der Waals surface area contributed by atoms with E-state index in [1.54, 1.807) is 0 Å². The molecule has 1 heterocycles. The standard InChI is InChI=1S/C14H23N3S/c1-8(2)9(3)7-16-12-6-10(4)17-11(5)13(12)14(15)18/h6,8-9H,7H2,1-5H3,(H2,15,18)(H,16,17). The Labute approximate surface area is 115 Å². The molecule has 0 radical (unpaired) electrons. The molecular weight excluding hydrogens is 242 g/mol. The number of aromatic nitrogens is 1. The van der Waals surface area contributed by atoms with Crippen LogP contribution in [0.3, 0.4) is 0 Å². The fourth-order valence-electron chi connectivity index (χ4n) is 1.79. The number of pyridine rings is 1. The fourth-order valence-corrected chi connectivity index (χ4v) is 2.04. The van der Waals surface area contributed by atoms with E-state index in [-0.39, 0.29) is 0 Å². The molecule has 1 aromatic heterocycles. The first-order valence-electron chi connectivity index (χ1n) is 6.34. The van der Waals surface area contributed by atoms with Crippen molar-refractivity contribution in [2.75, 3.05) is 11.9 Å². The third kappa shape index (κ3) is 3.67. The van der Waals surface area contributed by atoms with Crippen LogP contribution < -0.4 is 11.1 Å². The second-order valence-corrected chi connectivity index (χ2v) is 5.68. The van der Waals surface area contributed by atoms with Crippen LogP contribution in [0.5, 0.6) is 0 Å².